The van der Waals surface area contributed by atoms with E-state index in [1.807, 2.05) is 0 Å². The highest BCUT2D eigenvalue weighted by atomic mass is 19.4. The monoisotopic (exact) mass is 620 g/mol. The number of hydrogen-bond acceptors (Lipinski definition) is 4. The molecule has 2 fully saturated rings. The Morgan fingerprint density at radius 2 is 1.40 bits per heavy atom. The molecule has 1 N–H and O–H groups in total. The predicted octanol–water partition coefficient (Wildman–Crippen LogP) is 7.04. The summed E-state index contributed by atoms with van der Waals surface area (Å²) in [6.45, 7) is 3.34. The Hall–Kier alpha value is -3.72. The summed E-state index contributed by atoms with van der Waals surface area (Å²) in [5.74, 6) is 0.629. The lowest BCUT2D eigenvalue weighted by molar-refractivity contribution is -0.143. The molecule has 43 heavy (non-hydrogen) atoms. The molecule has 2 amide bonds. The molecule has 0 saturated carbocycles. The molecule has 2 aliphatic heterocycles. The molecule has 2 aliphatic rings. The maximum absolute atomic E-state index is 13.4. The number of nitrogens with one attached hydrogen (secondary N) is 1. The van der Waals surface area contributed by atoms with E-state index in [1.165, 1.54) is 29.2 Å². The van der Waals surface area contributed by atoms with Crippen LogP contribution in [0.1, 0.15) is 22.5 Å². The lowest BCUT2D eigenvalue weighted by Gasteiger charge is -2.47. The lowest BCUT2D eigenvalue weighted by Crippen LogP contribution is -2.64. The maximum atomic E-state index is 13.4. The average molecular weight is 621 g/mol. The van der Waals surface area contributed by atoms with Crippen LogP contribution in [-0.2, 0) is 25.1 Å². The number of likely N-dealkylation sites (tertiary alicyclic amines) is 1. The number of amides is 2. The van der Waals surface area contributed by atoms with Gasteiger partial charge in [0.05, 0.1) is 23.2 Å². The Kier molecular flexibility index (Phi) is 8.15. The summed E-state index contributed by atoms with van der Waals surface area (Å²) >= 11 is 0. The summed E-state index contributed by atoms with van der Waals surface area (Å²) in [5.41, 5.74) is -4.47. The van der Waals surface area contributed by atoms with Crippen molar-refractivity contribution in [2.45, 2.75) is 31.1 Å². The summed E-state index contributed by atoms with van der Waals surface area (Å²) in [4.78, 5) is 18.0. The van der Waals surface area contributed by atoms with E-state index in [0.29, 0.717) is 50.6 Å². The number of piperazine rings is 1. The highest BCUT2D eigenvalue weighted by molar-refractivity contribution is 5.90. The molecule has 3 heterocycles. The van der Waals surface area contributed by atoms with Gasteiger partial charge in [0.1, 0.15) is 11.5 Å². The van der Waals surface area contributed by atoms with Gasteiger partial charge in [-0.3, -0.25) is 9.80 Å². The average Bonchev–Trinajstić information content (AvgIpc) is 3.35. The van der Waals surface area contributed by atoms with Gasteiger partial charge in [0.15, 0.2) is 0 Å². The number of carbonyl (C=O) groups excluding carboxylic acids is 1. The zero-order valence-electron chi connectivity index (χ0n) is 22.3. The zero-order chi connectivity index (χ0) is 31.2. The van der Waals surface area contributed by atoms with E-state index in [2.05, 4.69) is 15.1 Å². The normalized spacial score (nSPS) is 17.7. The van der Waals surface area contributed by atoms with Gasteiger partial charge in [-0.15, -0.1) is 0 Å². The van der Waals surface area contributed by atoms with Crippen molar-refractivity contribution in [1.29, 1.82) is 0 Å². The van der Waals surface area contributed by atoms with Gasteiger partial charge in [0.2, 0.25) is 0 Å². The third kappa shape index (κ3) is 7.09. The first-order chi connectivity index (χ1) is 20.1. The second-order valence-electron chi connectivity index (χ2n) is 10.4. The van der Waals surface area contributed by atoms with Crippen LogP contribution in [0, 0.1) is 0 Å². The predicted molar refractivity (Wildman–Crippen MR) is 137 cm³/mol. The molecule has 232 valence electrons. The Morgan fingerprint density at radius 1 is 0.791 bits per heavy atom. The maximum Gasteiger partial charge on any atom is 0.417 e. The second kappa shape index (κ2) is 11.4. The van der Waals surface area contributed by atoms with E-state index in [1.54, 1.807) is 6.07 Å². The molecule has 0 aliphatic carbocycles. The van der Waals surface area contributed by atoms with Gasteiger partial charge in [-0.25, -0.2) is 4.79 Å². The molecule has 5 rings (SSSR count). The number of hydrogen-bond donors (Lipinski definition) is 1. The minimum Gasteiger partial charge on any atom is -0.460 e. The molecule has 0 spiro atoms. The first kappa shape index (κ1) is 30.7. The number of furan rings is 1. The van der Waals surface area contributed by atoms with Crippen LogP contribution in [0.2, 0.25) is 0 Å². The van der Waals surface area contributed by atoms with Gasteiger partial charge < -0.3 is 14.6 Å². The number of carbonyl (C=O) groups is 1. The molecular formula is C28H25F9N4O2. The van der Waals surface area contributed by atoms with Crippen molar-refractivity contribution in [3.8, 4) is 11.3 Å². The van der Waals surface area contributed by atoms with E-state index in [0.717, 1.165) is 6.07 Å². The number of halogens is 9. The topological polar surface area (TPSA) is 52.0 Å². The number of urea groups is 1. The summed E-state index contributed by atoms with van der Waals surface area (Å²) in [6.07, 6.45) is -14.6. The van der Waals surface area contributed by atoms with Crippen LogP contribution in [0.3, 0.4) is 0 Å². The van der Waals surface area contributed by atoms with Crippen LogP contribution in [0.4, 0.5) is 50.0 Å². The minimum absolute atomic E-state index is 0.00721. The highest BCUT2D eigenvalue weighted by Gasteiger charge is 2.39. The molecule has 0 unspecified atom stereocenters. The first-order valence-electron chi connectivity index (χ1n) is 13.1. The fraction of sp³-hybridized carbons (Fsp3) is 0.393. The van der Waals surface area contributed by atoms with Crippen LogP contribution in [-0.4, -0.2) is 66.0 Å². The Labute approximate surface area is 239 Å². The smallest absolute Gasteiger partial charge is 0.417 e. The lowest BCUT2D eigenvalue weighted by atomic mass is 10.1. The van der Waals surface area contributed by atoms with E-state index in [-0.39, 0.29) is 36.5 Å². The molecular weight excluding hydrogens is 595 g/mol. The number of nitrogens with zero attached hydrogens (tertiary/aromatic N) is 3. The molecule has 2 aromatic carbocycles. The summed E-state index contributed by atoms with van der Waals surface area (Å²) < 4.78 is 124. The van der Waals surface area contributed by atoms with Crippen molar-refractivity contribution in [2.75, 3.05) is 44.6 Å². The fourth-order valence-electron chi connectivity index (χ4n) is 5.14. The number of benzene rings is 2. The molecule has 6 nitrogen and oxygen atoms in total. The van der Waals surface area contributed by atoms with Crippen molar-refractivity contribution in [3.05, 3.63) is 77.0 Å². The van der Waals surface area contributed by atoms with Gasteiger partial charge in [-0.05, 0) is 36.4 Å². The summed E-state index contributed by atoms with van der Waals surface area (Å²) in [5, 5.41) is 2.14. The van der Waals surface area contributed by atoms with E-state index in [9.17, 15) is 44.3 Å². The van der Waals surface area contributed by atoms with Gasteiger partial charge in [0.25, 0.3) is 0 Å². The Balaban J connectivity index is 1.11. The molecule has 1 aromatic heterocycles. The van der Waals surface area contributed by atoms with Crippen LogP contribution >= 0.6 is 0 Å². The molecule has 0 radical (unpaired) electrons. The first-order valence-corrected chi connectivity index (χ1v) is 13.1. The molecule has 0 atom stereocenters. The molecule has 15 heteroatoms. The van der Waals surface area contributed by atoms with Crippen LogP contribution in [0.5, 0.6) is 0 Å². The number of anilines is 1. The SMILES string of the molecule is O=C(Nc1cc(C(F)(F)F)cc(C(F)(F)F)c1)N1CC(N2CCN(Cc3ccc(-c4ccccc4C(F)(F)F)o3)CC2)C1. The largest absolute Gasteiger partial charge is 0.460 e. The highest BCUT2D eigenvalue weighted by Crippen LogP contribution is 2.39. The third-order valence-electron chi connectivity index (χ3n) is 7.45. The van der Waals surface area contributed by atoms with Crippen LogP contribution in [0.15, 0.2) is 59.0 Å². The van der Waals surface area contributed by atoms with Gasteiger partial charge in [0, 0.05) is 56.6 Å². The number of alkyl halides is 9. The van der Waals surface area contributed by atoms with E-state index >= 15 is 0 Å². The van der Waals surface area contributed by atoms with Crippen LogP contribution in [0.25, 0.3) is 11.3 Å². The quantitative estimate of drug-likeness (QED) is 0.311. The van der Waals surface area contributed by atoms with Crippen LogP contribution < -0.4 is 5.32 Å². The van der Waals surface area contributed by atoms with Gasteiger partial charge in [-0.1, -0.05) is 18.2 Å². The summed E-state index contributed by atoms with van der Waals surface area (Å²) in [7, 11) is 0. The third-order valence-corrected chi connectivity index (χ3v) is 7.45. The molecule has 3 aromatic rings. The van der Waals surface area contributed by atoms with Crippen molar-refractivity contribution in [3.63, 3.8) is 0 Å². The number of rotatable bonds is 5. The molecule has 0 bridgehead atoms. The zero-order valence-corrected chi connectivity index (χ0v) is 22.3. The van der Waals surface area contributed by atoms with E-state index in [4.69, 9.17) is 4.42 Å². The van der Waals surface area contributed by atoms with Gasteiger partial charge >= 0.3 is 24.6 Å². The summed E-state index contributed by atoms with van der Waals surface area (Å²) in [6, 6.07) is 8.39. The van der Waals surface area contributed by atoms with Crippen molar-refractivity contribution in [2.24, 2.45) is 0 Å². The van der Waals surface area contributed by atoms with Gasteiger partial charge in [-0.2, -0.15) is 39.5 Å². The van der Waals surface area contributed by atoms with Crippen molar-refractivity contribution >= 4 is 11.7 Å². The Bertz CT molecular complexity index is 1420. The fourth-order valence-corrected chi connectivity index (χ4v) is 5.14. The Morgan fingerprint density at radius 3 is 1.98 bits per heavy atom. The minimum atomic E-state index is -5.03. The molecule has 2 saturated heterocycles. The van der Waals surface area contributed by atoms with Crippen molar-refractivity contribution < 1.29 is 48.7 Å². The second-order valence-corrected chi connectivity index (χ2v) is 10.4. The van der Waals surface area contributed by atoms with Crippen molar-refractivity contribution in [1.82, 2.24) is 14.7 Å². The van der Waals surface area contributed by atoms with E-state index < -0.39 is 46.9 Å². The standard InChI is InChI=1S/C28H25F9N4O2/c29-26(30,31)17-11-18(27(32,33)34)13-19(12-17)38-25(42)41-14-20(15-41)40-9-7-39(8-10-40)16-21-5-6-24(43-21)22-3-1-2-4-23(22)28(35,36)37/h1-6,11-13,20H,7-10,14-16H2,(H,38,42).